The summed E-state index contributed by atoms with van der Waals surface area (Å²) in [5.74, 6) is 1.43. The number of thiophene rings is 1. The molecule has 0 aliphatic carbocycles. The average Bonchev–Trinajstić information content (AvgIpc) is 2.81. The third kappa shape index (κ3) is 3.34. The van der Waals surface area contributed by atoms with Gasteiger partial charge in [-0.15, -0.1) is 11.3 Å². The molecule has 2 unspecified atom stereocenters. The molecule has 0 amide bonds. The molecule has 2 nitrogen and oxygen atoms in total. The fraction of sp³-hybridized carbons (Fsp3) is 0.733. The lowest BCUT2D eigenvalue weighted by atomic mass is 9.94. The molecule has 1 saturated heterocycles. The number of hydrogen-bond acceptors (Lipinski definition) is 3. The van der Waals surface area contributed by atoms with E-state index in [2.05, 4.69) is 55.4 Å². The third-order valence-electron chi connectivity index (χ3n) is 4.00. The summed E-state index contributed by atoms with van der Waals surface area (Å²) >= 11 is 1.88. The molecule has 1 aromatic heterocycles. The van der Waals surface area contributed by atoms with Crippen molar-refractivity contribution in [3.8, 4) is 0 Å². The molecule has 2 atom stereocenters. The zero-order chi connectivity index (χ0) is 13.1. The topological polar surface area (TPSA) is 15.3 Å². The summed E-state index contributed by atoms with van der Waals surface area (Å²) in [6.07, 6.45) is 0. The second kappa shape index (κ2) is 6.18. The van der Waals surface area contributed by atoms with Crippen LogP contribution in [0.4, 0.5) is 0 Å². The van der Waals surface area contributed by atoms with Crippen LogP contribution in [0.3, 0.4) is 0 Å². The van der Waals surface area contributed by atoms with E-state index in [1.165, 1.54) is 11.4 Å². The Morgan fingerprint density at radius 1 is 1.33 bits per heavy atom. The second-order valence-corrected chi connectivity index (χ2v) is 7.11. The number of piperazine rings is 1. The standard InChI is InChI=1S/C15H26N2S/c1-11(2)14-10-17(9-13-6-5-7-18-13)15(8-16-14)12(3)4/h5-7,11-12,14-16H,8-10H2,1-4H3. The monoisotopic (exact) mass is 266 g/mol. The van der Waals surface area contributed by atoms with Crippen LogP contribution in [0.1, 0.15) is 32.6 Å². The molecule has 0 spiro atoms. The molecule has 1 fully saturated rings. The van der Waals surface area contributed by atoms with Crippen molar-refractivity contribution in [2.45, 2.75) is 46.3 Å². The summed E-state index contributed by atoms with van der Waals surface area (Å²) in [5.41, 5.74) is 0. The summed E-state index contributed by atoms with van der Waals surface area (Å²) in [6.45, 7) is 12.7. The normalized spacial score (nSPS) is 26.1. The Morgan fingerprint density at radius 2 is 2.11 bits per heavy atom. The first kappa shape index (κ1) is 14.0. The molecule has 3 heteroatoms. The fourth-order valence-electron chi connectivity index (χ4n) is 2.74. The van der Waals surface area contributed by atoms with E-state index >= 15 is 0 Å². The van der Waals surface area contributed by atoms with Gasteiger partial charge in [-0.2, -0.15) is 0 Å². The minimum atomic E-state index is 0.639. The number of nitrogens with one attached hydrogen (secondary N) is 1. The lowest BCUT2D eigenvalue weighted by Gasteiger charge is -2.43. The summed E-state index contributed by atoms with van der Waals surface area (Å²) in [4.78, 5) is 4.17. The van der Waals surface area contributed by atoms with Crippen LogP contribution in [0.15, 0.2) is 17.5 Å². The van der Waals surface area contributed by atoms with Gasteiger partial charge in [0.1, 0.15) is 0 Å². The van der Waals surface area contributed by atoms with E-state index in [9.17, 15) is 0 Å². The van der Waals surface area contributed by atoms with E-state index in [0.29, 0.717) is 23.9 Å². The number of nitrogens with zero attached hydrogens (tertiary/aromatic N) is 1. The molecular weight excluding hydrogens is 240 g/mol. The predicted octanol–water partition coefficient (Wildman–Crippen LogP) is 3.20. The van der Waals surface area contributed by atoms with E-state index in [1.54, 1.807) is 0 Å². The van der Waals surface area contributed by atoms with Gasteiger partial charge in [0.25, 0.3) is 0 Å². The summed E-state index contributed by atoms with van der Waals surface area (Å²) in [7, 11) is 0. The maximum atomic E-state index is 3.72. The quantitative estimate of drug-likeness (QED) is 0.900. The lowest BCUT2D eigenvalue weighted by Crippen LogP contribution is -2.59. The van der Waals surface area contributed by atoms with Crippen LogP contribution in [0.25, 0.3) is 0 Å². The van der Waals surface area contributed by atoms with Gasteiger partial charge in [0.05, 0.1) is 0 Å². The van der Waals surface area contributed by atoms with Crippen LogP contribution < -0.4 is 5.32 Å². The molecular formula is C15H26N2S. The highest BCUT2D eigenvalue weighted by molar-refractivity contribution is 7.09. The highest BCUT2D eigenvalue weighted by Crippen LogP contribution is 2.22. The maximum absolute atomic E-state index is 3.72. The van der Waals surface area contributed by atoms with Crippen LogP contribution in [-0.2, 0) is 6.54 Å². The Balaban J connectivity index is 2.04. The van der Waals surface area contributed by atoms with E-state index in [0.717, 1.165) is 13.1 Å². The first-order valence-corrected chi connectivity index (χ1v) is 7.95. The molecule has 1 N–H and O–H groups in total. The molecule has 2 heterocycles. The fourth-order valence-corrected chi connectivity index (χ4v) is 3.47. The summed E-state index contributed by atoms with van der Waals surface area (Å²) in [5, 5.41) is 5.90. The molecule has 18 heavy (non-hydrogen) atoms. The number of hydrogen-bond donors (Lipinski definition) is 1. The Labute approximate surface area is 115 Å². The molecule has 2 rings (SSSR count). The molecule has 1 aliphatic rings. The summed E-state index contributed by atoms with van der Waals surface area (Å²) < 4.78 is 0. The minimum Gasteiger partial charge on any atom is -0.311 e. The van der Waals surface area contributed by atoms with Crippen LogP contribution in [-0.4, -0.2) is 30.1 Å². The zero-order valence-corrected chi connectivity index (χ0v) is 12.8. The van der Waals surface area contributed by atoms with Crippen LogP contribution in [0, 0.1) is 11.8 Å². The predicted molar refractivity (Wildman–Crippen MR) is 80.0 cm³/mol. The van der Waals surface area contributed by atoms with Gasteiger partial charge in [-0.05, 0) is 23.3 Å². The van der Waals surface area contributed by atoms with Crippen molar-refractivity contribution in [3.05, 3.63) is 22.4 Å². The van der Waals surface area contributed by atoms with Crippen molar-refractivity contribution in [3.63, 3.8) is 0 Å². The van der Waals surface area contributed by atoms with E-state index in [-0.39, 0.29) is 0 Å². The Bertz CT molecular complexity index is 345. The maximum Gasteiger partial charge on any atom is 0.0332 e. The highest BCUT2D eigenvalue weighted by Gasteiger charge is 2.30. The van der Waals surface area contributed by atoms with Gasteiger partial charge in [-0.1, -0.05) is 33.8 Å². The van der Waals surface area contributed by atoms with Gasteiger partial charge in [0.15, 0.2) is 0 Å². The van der Waals surface area contributed by atoms with Gasteiger partial charge in [-0.25, -0.2) is 0 Å². The van der Waals surface area contributed by atoms with Crippen molar-refractivity contribution >= 4 is 11.3 Å². The third-order valence-corrected chi connectivity index (χ3v) is 4.86. The first-order chi connectivity index (χ1) is 8.58. The second-order valence-electron chi connectivity index (χ2n) is 6.08. The Kier molecular flexibility index (Phi) is 4.82. The minimum absolute atomic E-state index is 0.639. The van der Waals surface area contributed by atoms with Gasteiger partial charge in [0.2, 0.25) is 0 Å². The molecule has 0 saturated carbocycles. The molecule has 0 bridgehead atoms. The van der Waals surface area contributed by atoms with Crippen molar-refractivity contribution in [1.29, 1.82) is 0 Å². The molecule has 102 valence electrons. The Hall–Kier alpha value is -0.380. The van der Waals surface area contributed by atoms with Crippen molar-refractivity contribution in [2.75, 3.05) is 13.1 Å². The van der Waals surface area contributed by atoms with Crippen LogP contribution in [0.5, 0.6) is 0 Å². The molecule has 1 aliphatic heterocycles. The first-order valence-electron chi connectivity index (χ1n) is 7.07. The largest absolute Gasteiger partial charge is 0.311 e. The van der Waals surface area contributed by atoms with Gasteiger partial charge in [0, 0.05) is 36.6 Å². The van der Waals surface area contributed by atoms with Gasteiger partial charge >= 0.3 is 0 Å². The molecule has 0 radical (unpaired) electrons. The molecule has 0 aromatic carbocycles. The van der Waals surface area contributed by atoms with Gasteiger partial charge in [-0.3, -0.25) is 4.90 Å². The average molecular weight is 266 g/mol. The van der Waals surface area contributed by atoms with Crippen LogP contribution >= 0.6 is 11.3 Å². The van der Waals surface area contributed by atoms with Crippen molar-refractivity contribution in [1.82, 2.24) is 10.2 Å². The van der Waals surface area contributed by atoms with Crippen LogP contribution in [0.2, 0.25) is 0 Å². The van der Waals surface area contributed by atoms with E-state index < -0.39 is 0 Å². The smallest absolute Gasteiger partial charge is 0.0332 e. The molecule has 1 aromatic rings. The van der Waals surface area contributed by atoms with E-state index in [1.807, 2.05) is 11.3 Å². The Morgan fingerprint density at radius 3 is 2.67 bits per heavy atom. The zero-order valence-electron chi connectivity index (χ0n) is 12.0. The van der Waals surface area contributed by atoms with Crippen molar-refractivity contribution < 1.29 is 0 Å². The summed E-state index contributed by atoms with van der Waals surface area (Å²) in [6, 6.07) is 5.73. The number of rotatable bonds is 4. The lowest BCUT2D eigenvalue weighted by molar-refractivity contribution is 0.0793. The van der Waals surface area contributed by atoms with E-state index in [4.69, 9.17) is 0 Å². The van der Waals surface area contributed by atoms with Gasteiger partial charge < -0.3 is 5.32 Å². The van der Waals surface area contributed by atoms with Crippen molar-refractivity contribution in [2.24, 2.45) is 11.8 Å². The SMILES string of the molecule is CC(C)C1CN(Cc2cccs2)C(C(C)C)CN1. The highest BCUT2D eigenvalue weighted by atomic mass is 32.1.